The van der Waals surface area contributed by atoms with E-state index < -0.39 is 5.91 Å². The third kappa shape index (κ3) is 5.48. The van der Waals surface area contributed by atoms with Crippen molar-refractivity contribution in [3.63, 3.8) is 0 Å². The van der Waals surface area contributed by atoms with Gasteiger partial charge in [-0.1, -0.05) is 30.3 Å². The van der Waals surface area contributed by atoms with Gasteiger partial charge in [-0.3, -0.25) is 4.79 Å². The number of rotatable bonds is 10. The fourth-order valence-corrected chi connectivity index (χ4v) is 2.80. The summed E-state index contributed by atoms with van der Waals surface area (Å²) in [5, 5.41) is 12.8. The number of anilines is 1. The first kappa shape index (κ1) is 21.1. The molecule has 2 aromatic carbocycles. The maximum absolute atomic E-state index is 11.9. The minimum Gasteiger partial charge on any atom is -0.493 e. The van der Waals surface area contributed by atoms with Gasteiger partial charge in [-0.25, -0.2) is 4.63 Å². The van der Waals surface area contributed by atoms with Gasteiger partial charge in [-0.05, 0) is 46.1 Å². The Hall–Kier alpha value is -3.59. The standard InChI is InChI=1S/C21H25N5O4/c1-14-5-3-4-6-16(14)13-29-17-8-7-15(11-18(17)28-2)12-23-9-10-24-21(27)19-20(22)26-30-25-19/h3-8,11,23H,9-10,12-13H2,1-2H3,(H2,22,26)(H,24,27). The van der Waals surface area contributed by atoms with Gasteiger partial charge in [0.25, 0.3) is 5.91 Å². The lowest BCUT2D eigenvalue weighted by molar-refractivity contribution is 0.0944. The molecule has 0 fully saturated rings. The monoisotopic (exact) mass is 411 g/mol. The van der Waals surface area contributed by atoms with Crippen LogP contribution in [-0.4, -0.2) is 36.4 Å². The SMILES string of the molecule is COc1cc(CNCCNC(=O)c2nonc2N)ccc1OCc1ccccc1C. The number of nitrogens with two attached hydrogens (primary N) is 1. The van der Waals surface area contributed by atoms with Crippen molar-refractivity contribution >= 4 is 11.7 Å². The van der Waals surface area contributed by atoms with Crippen LogP contribution in [0.1, 0.15) is 27.2 Å². The summed E-state index contributed by atoms with van der Waals surface area (Å²) in [4.78, 5) is 11.9. The van der Waals surface area contributed by atoms with E-state index in [4.69, 9.17) is 15.2 Å². The highest BCUT2D eigenvalue weighted by molar-refractivity contribution is 5.95. The number of carbonyl (C=O) groups is 1. The molecule has 0 aliphatic carbocycles. The molecule has 0 atom stereocenters. The fourth-order valence-electron chi connectivity index (χ4n) is 2.80. The van der Waals surface area contributed by atoms with Gasteiger partial charge in [0.15, 0.2) is 11.5 Å². The molecule has 0 spiro atoms. The van der Waals surface area contributed by atoms with Crippen LogP contribution in [0.4, 0.5) is 5.82 Å². The molecule has 0 radical (unpaired) electrons. The largest absolute Gasteiger partial charge is 0.493 e. The van der Waals surface area contributed by atoms with Gasteiger partial charge in [0, 0.05) is 19.6 Å². The predicted molar refractivity (Wildman–Crippen MR) is 111 cm³/mol. The Kier molecular flexibility index (Phi) is 7.23. The number of aromatic nitrogens is 2. The Morgan fingerprint density at radius 2 is 1.97 bits per heavy atom. The Bertz CT molecular complexity index is 989. The van der Waals surface area contributed by atoms with E-state index in [1.54, 1.807) is 7.11 Å². The lowest BCUT2D eigenvalue weighted by Crippen LogP contribution is -2.32. The maximum Gasteiger partial charge on any atom is 0.277 e. The van der Waals surface area contributed by atoms with Crippen LogP contribution >= 0.6 is 0 Å². The molecule has 9 heteroatoms. The molecule has 1 amide bonds. The van der Waals surface area contributed by atoms with E-state index in [-0.39, 0.29) is 11.5 Å². The van der Waals surface area contributed by atoms with Crippen LogP contribution in [0.25, 0.3) is 0 Å². The molecule has 1 aromatic heterocycles. The summed E-state index contributed by atoms with van der Waals surface area (Å²) in [5.41, 5.74) is 8.83. The predicted octanol–water partition coefficient (Wildman–Crippen LogP) is 2.07. The molecule has 0 bridgehead atoms. The van der Waals surface area contributed by atoms with E-state index in [2.05, 4.69) is 38.6 Å². The number of carbonyl (C=O) groups excluding carboxylic acids is 1. The zero-order chi connectivity index (χ0) is 21.3. The first-order chi connectivity index (χ1) is 14.6. The van der Waals surface area contributed by atoms with Crippen molar-refractivity contribution in [3.8, 4) is 11.5 Å². The molecule has 0 saturated heterocycles. The first-order valence-electron chi connectivity index (χ1n) is 9.49. The van der Waals surface area contributed by atoms with Crippen LogP contribution in [0.3, 0.4) is 0 Å². The topological polar surface area (TPSA) is 125 Å². The smallest absolute Gasteiger partial charge is 0.277 e. The van der Waals surface area contributed by atoms with Crippen LogP contribution in [0, 0.1) is 6.92 Å². The number of ether oxygens (including phenoxy) is 2. The van der Waals surface area contributed by atoms with E-state index in [0.717, 1.165) is 11.1 Å². The maximum atomic E-state index is 11.9. The van der Waals surface area contributed by atoms with E-state index in [0.29, 0.717) is 37.7 Å². The highest BCUT2D eigenvalue weighted by Gasteiger charge is 2.14. The molecular weight excluding hydrogens is 386 g/mol. The molecule has 4 N–H and O–H groups in total. The molecule has 3 aromatic rings. The molecule has 0 unspecified atom stereocenters. The van der Waals surface area contributed by atoms with Gasteiger partial charge in [-0.2, -0.15) is 0 Å². The van der Waals surface area contributed by atoms with Gasteiger partial charge in [0.2, 0.25) is 11.5 Å². The van der Waals surface area contributed by atoms with Gasteiger partial charge < -0.3 is 25.8 Å². The normalized spacial score (nSPS) is 10.6. The van der Waals surface area contributed by atoms with Gasteiger partial charge in [0.05, 0.1) is 7.11 Å². The summed E-state index contributed by atoms with van der Waals surface area (Å²) in [6.45, 7) is 4.11. The quantitative estimate of drug-likeness (QED) is 0.433. The lowest BCUT2D eigenvalue weighted by atomic mass is 10.1. The average Bonchev–Trinajstić information content (AvgIpc) is 3.19. The van der Waals surface area contributed by atoms with E-state index in [9.17, 15) is 4.79 Å². The average molecular weight is 411 g/mol. The minimum absolute atomic E-state index is 0.0129. The molecule has 0 aliphatic heterocycles. The zero-order valence-electron chi connectivity index (χ0n) is 17.0. The summed E-state index contributed by atoms with van der Waals surface area (Å²) >= 11 is 0. The Morgan fingerprint density at radius 3 is 2.70 bits per heavy atom. The molecule has 9 nitrogen and oxygen atoms in total. The number of nitrogens with zero attached hydrogens (tertiary/aromatic N) is 2. The molecule has 30 heavy (non-hydrogen) atoms. The molecule has 0 aliphatic rings. The van der Waals surface area contributed by atoms with Gasteiger partial charge in [-0.15, -0.1) is 0 Å². The molecule has 3 rings (SSSR count). The molecular formula is C21H25N5O4. The third-order valence-electron chi connectivity index (χ3n) is 4.52. The number of benzene rings is 2. The summed E-state index contributed by atoms with van der Waals surface area (Å²) in [7, 11) is 1.62. The number of nitrogens with one attached hydrogen (secondary N) is 2. The summed E-state index contributed by atoms with van der Waals surface area (Å²) in [6.07, 6.45) is 0. The van der Waals surface area contributed by atoms with Crippen LogP contribution in [0.5, 0.6) is 11.5 Å². The first-order valence-corrected chi connectivity index (χ1v) is 9.49. The number of hydrogen-bond donors (Lipinski definition) is 3. The molecule has 0 saturated carbocycles. The Morgan fingerprint density at radius 1 is 1.13 bits per heavy atom. The summed E-state index contributed by atoms with van der Waals surface area (Å²) in [6, 6.07) is 13.9. The Balaban J connectivity index is 1.46. The van der Waals surface area contributed by atoms with Crippen molar-refractivity contribution in [2.75, 3.05) is 25.9 Å². The third-order valence-corrected chi connectivity index (χ3v) is 4.52. The minimum atomic E-state index is -0.424. The summed E-state index contributed by atoms with van der Waals surface area (Å²) < 4.78 is 15.8. The molecule has 1 heterocycles. The van der Waals surface area contributed by atoms with Crippen molar-refractivity contribution < 1.29 is 18.9 Å². The van der Waals surface area contributed by atoms with Gasteiger partial charge >= 0.3 is 0 Å². The van der Waals surface area contributed by atoms with Crippen LogP contribution < -0.4 is 25.8 Å². The zero-order valence-corrected chi connectivity index (χ0v) is 17.0. The molecule has 158 valence electrons. The van der Waals surface area contributed by atoms with E-state index in [1.165, 1.54) is 5.56 Å². The number of amides is 1. The van der Waals surface area contributed by atoms with E-state index >= 15 is 0 Å². The number of nitrogen functional groups attached to an aromatic ring is 1. The highest BCUT2D eigenvalue weighted by atomic mass is 16.6. The highest BCUT2D eigenvalue weighted by Crippen LogP contribution is 2.29. The van der Waals surface area contributed by atoms with Gasteiger partial charge in [0.1, 0.15) is 6.61 Å². The summed E-state index contributed by atoms with van der Waals surface area (Å²) in [5.74, 6) is 0.908. The number of aryl methyl sites for hydroxylation is 1. The van der Waals surface area contributed by atoms with Crippen molar-refractivity contribution in [2.24, 2.45) is 0 Å². The fraction of sp³-hybridized carbons (Fsp3) is 0.286. The van der Waals surface area contributed by atoms with Crippen molar-refractivity contribution in [1.29, 1.82) is 0 Å². The van der Waals surface area contributed by atoms with Crippen LogP contribution in [-0.2, 0) is 13.2 Å². The second-order valence-electron chi connectivity index (χ2n) is 6.63. The van der Waals surface area contributed by atoms with Crippen LogP contribution in [0.15, 0.2) is 47.1 Å². The van der Waals surface area contributed by atoms with Crippen molar-refractivity contribution in [3.05, 3.63) is 64.8 Å². The lowest BCUT2D eigenvalue weighted by Gasteiger charge is -2.14. The Labute approximate surface area is 174 Å². The second kappa shape index (κ2) is 10.3. The van der Waals surface area contributed by atoms with Crippen LogP contribution in [0.2, 0.25) is 0 Å². The number of hydrogen-bond acceptors (Lipinski definition) is 8. The van der Waals surface area contributed by atoms with Crippen molar-refractivity contribution in [1.82, 2.24) is 20.9 Å². The van der Waals surface area contributed by atoms with Crippen molar-refractivity contribution in [2.45, 2.75) is 20.1 Å². The van der Waals surface area contributed by atoms with E-state index in [1.807, 2.05) is 36.4 Å². The second-order valence-corrected chi connectivity index (χ2v) is 6.63. The number of methoxy groups -OCH3 is 1.